The van der Waals surface area contributed by atoms with Crippen molar-refractivity contribution < 1.29 is 9.59 Å². The van der Waals surface area contributed by atoms with E-state index in [1.54, 1.807) is 0 Å². The van der Waals surface area contributed by atoms with Crippen LogP contribution < -0.4 is 0 Å². The Morgan fingerprint density at radius 2 is 1.76 bits per heavy atom. The van der Waals surface area contributed by atoms with Crippen LogP contribution in [0.25, 0.3) is 0 Å². The van der Waals surface area contributed by atoms with Crippen molar-refractivity contribution in [3.8, 4) is 0 Å². The van der Waals surface area contributed by atoms with Crippen molar-refractivity contribution in [1.29, 1.82) is 0 Å². The summed E-state index contributed by atoms with van der Waals surface area (Å²) in [7, 11) is 0. The van der Waals surface area contributed by atoms with Gasteiger partial charge in [0.2, 0.25) is 0 Å². The van der Waals surface area contributed by atoms with E-state index in [0.29, 0.717) is 10.4 Å². The molecule has 0 radical (unpaired) electrons. The van der Waals surface area contributed by atoms with E-state index in [4.69, 9.17) is 0 Å². The molecule has 0 atom stereocenters. The van der Waals surface area contributed by atoms with E-state index in [2.05, 4.69) is 4.37 Å². The van der Waals surface area contributed by atoms with E-state index in [9.17, 15) is 9.59 Å². The molecule has 0 bridgehead atoms. The average molecular weight is 252 g/mol. The van der Waals surface area contributed by atoms with Crippen molar-refractivity contribution in [1.82, 2.24) is 9.27 Å². The van der Waals surface area contributed by atoms with Crippen molar-refractivity contribution >= 4 is 23.3 Å². The first-order chi connectivity index (χ1) is 7.75. The van der Waals surface area contributed by atoms with Crippen molar-refractivity contribution in [2.24, 2.45) is 0 Å². The molecule has 2 heterocycles. The molecular weight excluding hydrogens is 236 g/mol. The first kappa shape index (κ1) is 12.2. The average Bonchev–Trinajstić information content (AvgIpc) is 2.66. The summed E-state index contributed by atoms with van der Waals surface area (Å²) in [6, 6.07) is 0. The molecule has 0 saturated heterocycles. The molecule has 0 spiro atoms. The number of nitrogens with zero attached hydrogens (tertiary/aromatic N) is 2. The fourth-order valence-electron chi connectivity index (χ4n) is 1.96. The van der Waals surface area contributed by atoms with E-state index in [1.807, 2.05) is 34.6 Å². The van der Waals surface area contributed by atoms with Crippen LogP contribution >= 0.6 is 11.5 Å². The quantitative estimate of drug-likeness (QED) is 0.722. The zero-order chi connectivity index (χ0) is 13.0. The van der Waals surface area contributed by atoms with E-state index in [-0.39, 0.29) is 17.7 Å². The Hall–Kier alpha value is -1.23. The van der Waals surface area contributed by atoms with Gasteiger partial charge in [0.1, 0.15) is 4.88 Å². The van der Waals surface area contributed by atoms with Gasteiger partial charge in [-0.1, -0.05) is 13.8 Å². The maximum absolute atomic E-state index is 12.3. The maximum Gasteiger partial charge on any atom is 0.273 e. The lowest BCUT2D eigenvalue weighted by molar-refractivity contribution is 0.0508. The Labute approximate surface area is 105 Å². The van der Waals surface area contributed by atoms with Crippen molar-refractivity contribution in [3.63, 3.8) is 0 Å². The predicted octanol–water partition coefficient (Wildman–Crippen LogP) is 2.66. The normalized spacial score (nSPS) is 16.0. The maximum atomic E-state index is 12.3. The second-order valence-electron chi connectivity index (χ2n) is 5.54. The van der Waals surface area contributed by atoms with Gasteiger partial charge in [0.25, 0.3) is 11.8 Å². The van der Waals surface area contributed by atoms with Gasteiger partial charge in [-0.2, -0.15) is 4.37 Å². The van der Waals surface area contributed by atoms with Gasteiger partial charge >= 0.3 is 0 Å². The molecule has 17 heavy (non-hydrogen) atoms. The topological polar surface area (TPSA) is 50.3 Å². The van der Waals surface area contributed by atoms with Gasteiger partial charge in [0, 0.05) is 5.54 Å². The number of rotatable bonds is 1. The van der Waals surface area contributed by atoms with E-state index >= 15 is 0 Å². The molecule has 1 aromatic rings. The third-order valence-electron chi connectivity index (χ3n) is 2.75. The standard InChI is InChI=1S/C12H16N2O2S/c1-6(2)8-7-9(17-13-8)11(16)14(10(7)15)12(3,4)5/h6H,1-5H3. The Balaban J connectivity index is 2.55. The predicted molar refractivity (Wildman–Crippen MR) is 66.5 cm³/mol. The molecule has 1 aliphatic heterocycles. The van der Waals surface area contributed by atoms with Crippen LogP contribution in [0, 0.1) is 0 Å². The lowest BCUT2D eigenvalue weighted by Gasteiger charge is -2.29. The first-order valence-electron chi connectivity index (χ1n) is 5.63. The zero-order valence-electron chi connectivity index (χ0n) is 10.7. The molecular formula is C12H16N2O2S. The minimum atomic E-state index is -0.485. The third-order valence-corrected chi connectivity index (χ3v) is 3.60. The SMILES string of the molecule is CC(C)c1nsc2c1C(=O)N(C(C)(C)C)C2=O. The number of aromatic nitrogens is 1. The Bertz CT molecular complexity index is 497. The summed E-state index contributed by atoms with van der Waals surface area (Å²) in [4.78, 5) is 26.3. The summed E-state index contributed by atoms with van der Waals surface area (Å²) < 4.78 is 4.23. The van der Waals surface area contributed by atoms with E-state index < -0.39 is 5.54 Å². The smallest absolute Gasteiger partial charge is 0.268 e. The fourth-order valence-corrected chi connectivity index (χ4v) is 2.91. The number of hydrogen-bond acceptors (Lipinski definition) is 4. The summed E-state index contributed by atoms with van der Waals surface area (Å²) in [5, 5.41) is 0. The van der Waals surface area contributed by atoms with Crippen LogP contribution in [0.5, 0.6) is 0 Å². The molecule has 0 aromatic carbocycles. The molecule has 4 nitrogen and oxygen atoms in total. The molecule has 0 unspecified atom stereocenters. The van der Waals surface area contributed by atoms with Gasteiger partial charge in [-0.05, 0) is 38.2 Å². The highest BCUT2D eigenvalue weighted by atomic mass is 32.1. The molecule has 1 aliphatic rings. The molecule has 92 valence electrons. The minimum Gasteiger partial charge on any atom is -0.268 e. The minimum absolute atomic E-state index is 0.159. The monoisotopic (exact) mass is 252 g/mol. The molecule has 1 aromatic heterocycles. The van der Waals surface area contributed by atoms with Crippen LogP contribution in [0.15, 0.2) is 0 Å². The van der Waals surface area contributed by atoms with Gasteiger partial charge in [0.15, 0.2) is 0 Å². The van der Waals surface area contributed by atoms with E-state index in [1.165, 1.54) is 4.90 Å². The van der Waals surface area contributed by atoms with Crippen LogP contribution in [-0.4, -0.2) is 26.6 Å². The molecule has 5 heteroatoms. The molecule has 0 fully saturated rings. The van der Waals surface area contributed by atoms with Gasteiger partial charge in [0.05, 0.1) is 11.3 Å². The first-order valence-corrected chi connectivity index (χ1v) is 6.41. The lowest BCUT2D eigenvalue weighted by Crippen LogP contribution is -2.45. The van der Waals surface area contributed by atoms with Crippen LogP contribution in [-0.2, 0) is 0 Å². The second-order valence-corrected chi connectivity index (χ2v) is 6.32. The van der Waals surface area contributed by atoms with Gasteiger partial charge in [-0.15, -0.1) is 0 Å². The molecule has 2 amide bonds. The Kier molecular flexibility index (Phi) is 2.61. The number of hydrogen-bond donors (Lipinski definition) is 0. The molecule has 0 saturated carbocycles. The molecule has 0 N–H and O–H groups in total. The summed E-state index contributed by atoms with van der Waals surface area (Å²) in [5.41, 5.74) is 0.779. The Morgan fingerprint density at radius 3 is 2.24 bits per heavy atom. The number of carbonyl (C=O) groups is 2. The van der Waals surface area contributed by atoms with Crippen LogP contribution in [0.1, 0.15) is 66.3 Å². The molecule has 0 aliphatic carbocycles. The fraction of sp³-hybridized carbons (Fsp3) is 0.583. The van der Waals surface area contributed by atoms with Crippen LogP contribution in [0.3, 0.4) is 0 Å². The van der Waals surface area contributed by atoms with Gasteiger partial charge < -0.3 is 0 Å². The number of carbonyl (C=O) groups excluding carboxylic acids is 2. The largest absolute Gasteiger partial charge is 0.273 e. The van der Waals surface area contributed by atoms with Gasteiger partial charge in [-0.25, -0.2) is 0 Å². The lowest BCUT2D eigenvalue weighted by atomic mass is 10.0. The summed E-state index contributed by atoms with van der Waals surface area (Å²) in [5.74, 6) is -0.247. The summed E-state index contributed by atoms with van der Waals surface area (Å²) in [6.45, 7) is 9.55. The van der Waals surface area contributed by atoms with Crippen molar-refractivity contribution in [3.05, 3.63) is 16.1 Å². The highest BCUT2D eigenvalue weighted by molar-refractivity contribution is 7.09. The molecule has 2 rings (SSSR count). The van der Waals surface area contributed by atoms with Gasteiger partial charge in [-0.3, -0.25) is 14.5 Å². The van der Waals surface area contributed by atoms with Crippen molar-refractivity contribution in [2.75, 3.05) is 0 Å². The highest BCUT2D eigenvalue weighted by Gasteiger charge is 2.45. The Morgan fingerprint density at radius 1 is 1.18 bits per heavy atom. The van der Waals surface area contributed by atoms with Crippen molar-refractivity contribution in [2.45, 2.75) is 46.1 Å². The van der Waals surface area contributed by atoms with Crippen LogP contribution in [0.2, 0.25) is 0 Å². The zero-order valence-corrected chi connectivity index (χ0v) is 11.5. The number of amides is 2. The second kappa shape index (κ2) is 3.63. The summed E-state index contributed by atoms with van der Waals surface area (Å²) in [6.07, 6.45) is 0. The number of fused-ring (bicyclic) bond motifs is 1. The number of imide groups is 1. The van der Waals surface area contributed by atoms with E-state index in [0.717, 1.165) is 17.2 Å². The van der Waals surface area contributed by atoms with Crippen LogP contribution in [0.4, 0.5) is 0 Å². The third kappa shape index (κ3) is 1.69. The highest BCUT2D eigenvalue weighted by Crippen LogP contribution is 2.35. The summed E-state index contributed by atoms with van der Waals surface area (Å²) >= 11 is 1.14.